The van der Waals surface area contributed by atoms with Gasteiger partial charge in [0.2, 0.25) is 11.9 Å². The van der Waals surface area contributed by atoms with Gasteiger partial charge in [0, 0.05) is 54.0 Å². The molecule has 2 aliphatic rings. The highest BCUT2D eigenvalue weighted by Gasteiger charge is 2.37. The van der Waals surface area contributed by atoms with Crippen LogP contribution in [0.3, 0.4) is 0 Å². The molecule has 1 aromatic heterocycles. The summed E-state index contributed by atoms with van der Waals surface area (Å²) in [5, 5.41) is 0.539. The van der Waals surface area contributed by atoms with Crippen molar-refractivity contribution in [3.8, 4) is 0 Å². The topological polar surface area (TPSA) is 127 Å². The second-order valence-corrected chi connectivity index (χ2v) is 12.6. The Hall–Kier alpha value is -2.89. The van der Waals surface area contributed by atoms with Gasteiger partial charge in [0.1, 0.15) is 0 Å². The number of carbonyl (C=O) groups is 1. The van der Waals surface area contributed by atoms with Crippen molar-refractivity contribution in [1.82, 2.24) is 19.2 Å². The van der Waals surface area contributed by atoms with Crippen molar-refractivity contribution in [3.63, 3.8) is 0 Å². The molecule has 0 atom stereocenters. The minimum Gasteiger partial charge on any atom is -0.404 e. The molecule has 0 unspecified atom stereocenters. The largest absolute Gasteiger partial charge is 0.404 e. The van der Waals surface area contributed by atoms with Crippen LogP contribution in [0, 0.1) is 5.41 Å². The van der Waals surface area contributed by atoms with Crippen molar-refractivity contribution in [2.45, 2.75) is 76.3 Å². The summed E-state index contributed by atoms with van der Waals surface area (Å²) in [6.07, 6.45) is 6.94. The number of piperidine rings is 1. The van der Waals surface area contributed by atoms with E-state index in [0.717, 1.165) is 36.1 Å². The fourth-order valence-electron chi connectivity index (χ4n) is 4.84. The van der Waals surface area contributed by atoms with Crippen molar-refractivity contribution in [2.24, 2.45) is 16.1 Å². The molecule has 0 spiro atoms. The molecule has 1 aliphatic heterocycles. The van der Waals surface area contributed by atoms with E-state index < -0.39 is 5.41 Å². The number of fused-ring (bicyclic) bond motifs is 1. The number of aromatic nitrogens is 2. The molecule has 2 fully saturated rings. The average molecular weight is 556 g/mol. The maximum absolute atomic E-state index is 14.0. The fourth-order valence-corrected chi connectivity index (χ4v) is 5.77. The van der Waals surface area contributed by atoms with E-state index in [1.54, 1.807) is 25.2 Å². The van der Waals surface area contributed by atoms with E-state index in [0.29, 0.717) is 35.5 Å². The molecule has 39 heavy (non-hydrogen) atoms. The van der Waals surface area contributed by atoms with Crippen molar-refractivity contribution < 1.29 is 9.63 Å². The second kappa shape index (κ2) is 11.7. The van der Waals surface area contributed by atoms with Gasteiger partial charge in [0.15, 0.2) is 0 Å². The third-order valence-electron chi connectivity index (χ3n) is 7.38. The SMILES string of the molecule is CN=C/C(=C\N)Cn1c(NOC)nc2c(C3CCN(C(=O)C(C)(C)C)CC3)cc(SNC3(C)CC3)cc2c1=O. The highest BCUT2D eigenvalue weighted by atomic mass is 32.2. The predicted octanol–water partition coefficient (Wildman–Crippen LogP) is 3.81. The number of nitrogens with two attached hydrogens (primary N) is 1. The number of benzene rings is 1. The number of amides is 1. The van der Waals surface area contributed by atoms with Crippen LogP contribution in [0.2, 0.25) is 0 Å². The van der Waals surface area contributed by atoms with Gasteiger partial charge >= 0.3 is 0 Å². The van der Waals surface area contributed by atoms with Gasteiger partial charge in [-0.1, -0.05) is 20.8 Å². The molecule has 11 heteroatoms. The minimum absolute atomic E-state index is 0.128. The summed E-state index contributed by atoms with van der Waals surface area (Å²) in [5.74, 6) is 0.631. The van der Waals surface area contributed by atoms with Crippen LogP contribution < -0.4 is 21.5 Å². The monoisotopic (exact) mass is 555 g/mol. The smallest absolute Gasteiger partial charge is 0.263 e. The summed E-state index contributed by atoms with van der Waals surface area (Å²) in [4.78, 5) is 43.9. The molecule has 0 radical (unpaired) electrons. The number of likely N-dealkylation sites (tertiary alicyclic amines) is 1. The lowest BCUT2D eigenvalue weighted by atomic mass is 9.86. The fraction of sp³-hybridized carbons (Fsp3) is 0.571. The van der Waals surface area contributed by atoms with Crippen LogP contribution in [0.1, 0.15) is 64.9 Å². The molecule has 1 amide bonds. The molecule has 1 aliphatic carbocycles. The summed E-state index contributed by atoms with van der Waals surface area (Å²) in [7, 11) is 3.14. The lowest BCUT2D eigenvalue weighted by Crippen LogP contribution is -2.43. The number of aliphatic imine (C=N–C) groups is 1. The first-order valence-electron chi connectivity index (χ1n) is 13.4. The maximum Gasteiger partial charge on any atom is 0.263 e. The highest BCUT2D eigenvalue weighted by molar-refractivity contribution is 7.97. The van der Waals surface area contributed by atoms with Gasteiger partial charge in [0.05, 0.1) is 24.6 Å². The van der Waals surface area contributed by atoms with Crippen LogP contribution >= 0.6 is 11.9 Å². The second-order valence-electron chi connectivity index (χ2n) is 11.8. The van der Waals surface area contributed by atoms with E-state index in [1.807, 2.05) is 31.7 Å². The number of nitrogens with one attached hydrogen (secondary N) is 2. The number of hydrogen-bond acceptors (Lipinski definition) is 9. The molecule has 4 rings (SSSR count). The number of allylic oxidation sites excluding steroid dienone is 1. The molecular weight excluding hydrogens is 514 g/mol. The number of rotatable bonds is 9. The molecule has 2 aromatic rings. The lowest BCUT2D eigenvalue weighted by molar-refractivity contribution is -0.140. The summed E-state index contributed by atoms with van der Waals surface area (Å²) < 4.78 is 5.08. The van der Waals surface area contributed by atoms with Gasteiger partial charge in [0.25, 0.3) is 5.56 Å². The minimum atomic E-state index is -0.409. The summed E-state index contributed by atoms with van der Waals surface area (Å²) >= 11 is 1.56. The van der Waals surface area contributed by atoms with Gasteiger partial charge in [-0.25, -0.2) is 10.5 Å². The van der Waals surface area contributed by atoms with Crippen LogP contribution in [-0.2, 0) is 16.2 Å². The predicted molar refractivity (Wildman–Crippen MR) is 158 cm³/mol. The molecule has 0 bridgehead atoms. The molecule has 1 saturated carbocycles. The average Bonchev–Trinajstić information content (AvgIpc) is 3.65. The number of nitrogens with zero attached hydrogens (tertiary/aromatic N) is 4. The normalized spacial score (nSPS) is 18.2. The molecule has 1 aromatic carbocycles. The molecular formula is C28H41N7O3S. The molecule has 10 nitrogen and oxygen atoms in total. The van der Waals surface area contributed by atoms with Crippen LogP contribution in [-0.4, -0.2) is 59.4 Å². The Labute approximate surface area is 234 Å². The summed E-state index contributed by atoms with van der Waals surface area (Å²) in [6.45, 7) is 9.63. The standard InChI is InChI=1S/C28H41N7O3S/c1-27(2,3)25(37)34-11-7-19(8-12-34)21-13-20(39-33-28(4)9-10-28)14-22-23(21)31-26(32-38-6)35(24(22)36)17-18(15-29)16-30-5/h13-16,19,33H,7-12,17,29H2,1-6H3,(H,31,32)/b18-15+,30-16?. The van der Waals surface area contributed by atoms with Crippen LogP contribution in [0.15, 0.2) is 38.6 Å². The molecule has 2 heterocycles. The Bertz CT molecular complexity index is 1330. The van der Waals surface area contributed by atoms with Crippen LogP contribution in [0.5, 0.6) is 0 Å². The van der Waals surface area contributed by atoms with E-state index in [-0.39, 0.29) is 29.5 Å². The Morgan fingerprint density at radius 2 is 2.00 bits per heavy atom. The Morgan fingerprint density at radius 3 is 2.56 bits per heavy atom. The van der Waals surface area contributed by atoms with Crippen LogP contribution in [0.25, 0.3) is 10.9 Å². The molecule has 1 saturated heterocycles. The van der Waals surface area contributed by atoms with Gasteiger partial charge < -0.3 is 10.6 Å². The Kier molecular flexibility index (Phi) is 8.72. The zero-order valence-corrected chi connectivity index (χ0v) is 24.7. The highest BCUT2D eigenvalue weighted by Crippen LogP contribution is 2.40. The van der Waals surface area contributed by atoms with E-state index in [1.165, 1.54) is 17.9 Å². The zero-order chi connectivity index (χ0) is 28.4. The zero-order valence-electron chi connectivity index (χ0n) is 23.8. The van der Waals surface area contributed by atoms with E-state index in [2.05, 4.69) is 28.2 Å². The van der Waals surface area contributed by atoms with E-state index in [4.69, 9.17) is 15.6 Å². The van der Waals surface area contributed by atoms with Crippen molar-refractivity contribution >= 4 is 40.9 Å². The van der Waals surface area contributed by atoms with Crippen molar-refractivity contribution in [3.05, 3.63) is 39.8 Å². The third-order valence-corrected chi connectivity index (χ3v) is 8.45. The van der Waals surface area contributed by atoms with E-state index in [9.17, 15) is 9.59 Å². The number of hydrogen-bond donors (Lipinski definition) is 3. The third kappa shape index (κ3) is 6.64. The van der Waals surface area contributed by atoms with Crippen molar-refractivity contribution in [2.75, 3.05) is 32.7 Å². The van der Waals surface area contributed by atoms with Gasteiger partial charge in [-0.05, 0) is 68.2 Å². The van der Waals surface area contributed by atoms with Crippen molar-refractivity contribution in [1.29, 1.82) is 0 Å². The van der Waals surface area contributed by atoms with Gasteiger partial charge in [-0.3, -0.25) is 28.7 Å². The number of anilines is 1. The number of carbonyl (C=O) groups excluding carboxylic acids is 1. The Morgan fingerprint density at radius 1 is 1.31 bits per heavy atom. The molecule has 212 valence electrons. The molecule has 4 N–H and O–H groups in total. The summed E-state index contributed by atoms with van der Waals surface area (Å²) in [5.41, 5.74) is 10.5. The maximum atomic E-state index is 14.0. The Balaban J connectivity index is 1.78. The first-order valence-corrected chi connectivity index (χ1v) is 14.2. The first kappa shape index (κ1) is 29.1. The quantitative estimate of drug-likeness (QED) is 0.242. The first-order chi connectivity index (χ1) is 18.5. The van der Waals surface area contributed by atoms with E-state index >= 15 is 0 Å². The summed E-state index contributed by atoms with van der Waals surface area (Å²) in [6, 6.07) is 4.07. The van der Waals surface area contributed by atoms with Crippen LogP contribution in [0.4, 0.5) is 5.95 Å². The van der Waals surface area contributed by atoms with Gasteiger partial charge in [-0.2, -0.15) is 0 Å². The van der Waals surface area contributed by atoms with Gasteiger partial charge in [-0.15, -0.1) is 0 Å². The lowest BCUT2D eigenvalue weighted by Gasteiger charge is -2.36.